The van der Waals surface area contributed by atoms with E-state index >= 15 is 0 Å². The number of hydrogen-bond donors (Lipinski definition) is 1. The Morgan fingerprint density at radius 2 is 1.97 bits per heavy atom. The van der Waals surface area contributed by atoms with Gasteiger partial charge in [0.2, 0.25) is 5.91 Å². The number of nitrogens with zero attached hydrogens (tertiary/aromatic N) is 2. The van der Waals surface area contributed by atoms with Gasteiger partial charge < -0.3 is 14.6 Å². The van der Waals surface area contributed by atoms with Gasteiger partial charge in [0.05, 0.1) is 12.0 Å². The van der Waals surface area contributed by atoms with Crippen LogP contribution in [0.4, 0.5) is 0 Å². The summed E-state index contributed by atoms with van der Waals surface area (Å²) in [5, 5.41) is 4.06. The van der Waals surface area contributed by atoms with Crippen molar-refractivity contribution in [2.24, 2.45) is 10.3 Å². The van der Waals surface area contributed by atoms with Crippen molar-refractivity contribution in [3.8, 4) is 0 Å². The van der Waals surface area contributed by atoms with Crippen molar-refractivity contribution in [2.45, 2.75) is 30.7 Å². The zero-order valence-electron chi connectivity index (χ0n) is 17.1. The number of para-hydroxylation sites is 1. The number of nitrogens with one attached hydrogen (secondary N) is 1. The highest BCUT2D eigenvalue weighted by molar-refractivity contribution is 7.90. The number of fused-ring (bicyclic) bond motifs is 2. The summed E-state index contributed by atoms with van der Waals surface area (Å²) in [6.45, 7) is 3.01. The Balaban J connectivity index is 1.31. The van der Waals surface area contributed by atoms with Gasteiger partial charge >= 0.3 is 0 Å². The van der Waals surface area contributed by atoms with Gasteiger partial charge in [-0.3, -0.25) is 4.79 Å². The number of benzene rings is 2. The van der Waals surface area contributed by atoms with E-state index in [1.54, 1.807) is 24.3 Å². The molecule has 1 fully saturated rings. The first-order valence-corrected chi connectivity index (χ1v) is 11.8. The van der Waals surface area contributed by atoms with Gasteiger partial charge in [-0.2, -0.15) is 8.42 Å². The highest BCUT2D eigenvalue weighted by Gasteiger charge is 2.35. The van der Waals surface area contributed by atoms with Crippen molar-refractivity contribution in [3.05, 3.63) is 65.9 Å². The first kappa shape index (κ1) is 19.8. The Morgan fingerprint density at radius 3 is 2.81 bits per heavy atom. The second-order valence-electron chi connectivity index (χ2n) is 8.09. The quantitative estimate of drug-likeness (QED) is 0.677. The van der Waals surface area contributed by atoms with Gasteiger partial charge in [0.25, 0.3) is 10.0 Å². The highest BCUT2D eigenvalue weighted by atomic mass is 32.2. The second-order valence-corrected chi connectivity index (χ2v) is 9.66. The molecule has 3 heterocycles. The summed E-state index contributed by atoms with van der Waals surface area (Å²) >= 11 is 0. The standard InChI is InChI=1S/C23H23N3O4S/c1-15(20-13-16-7-2-4-10-19(16)30-20)24-23(27)17-8-6-12-26(14-17)22-18-9-3-5-11-21(18)31(28,29)25-22/h2-5,7,9-11,13,15,17H,6,8,12,14H2,1H3,(H,24,27)/t15-,17+/m1/s1. The molecule has 1 aromatic heterocycles. The van der Waals surface area contributed by atoms with E-state index in [1.807, 2.05) is 42.2 Å². The smallest absolute Gasteiger partial charge is 0.285 e. The minimum Gasteiger partial charge on any atom is -0.459 e. The van der Waals surface area contributed by atoms with E-state index in [1.165, 1.54) is 0 Å². The maximum atomic E-state index is 13.0. The lowest BCUT2D eigenvalue weighted by molar-refractivity contribution is -0.127. The first-order chi connectivity index (χ1) is 14.9. The van der Waals surface area contributed by atoms with Crippen LogP contribution in [0.5, 0.6) is 0 Å². The molecule has 1 saturated heterocycles. The molecule has 0 bridgehead atoms. The number of piperidine rings is 1. The third-order valence-corrected chi connectivity index (χ3v) is 7.26. The molecule has 0 saturated carbocycles. The normalized spacial score (nSPS) is 20.9. The van der Waals surface area contributed by atoms with Crippen LogP contribution in [0.3, 0.4) is 0 Å². The average Bonchev–Trinajstić information content (AvgIpc) is 3.33. The fraction of sp³-hybridized carbons (Fsp3) is 0.304. The predicted octanol–water partition coefficient (Wildman–Crippen LogP) is 3.47. The van der Waals surface area contributed by atoms with Gasteiger partial charge in [-0.25, -0.2) is 0 Å². The molecule has 1 N–H and O–H groups in total. The number of likely N-dealkylation sites (tertiary alicyclic amines) is 1. The van der Waals surface area contributed by atoms with Gasteiger partial charge in [-0.05, 0) is 44.0 Å². The topological polar surface area (TPSA) is 92.0 Å². The van der Waals surface area contributed by atoms with Gasteiger partial charge in [-0.15, -0.1) is 4.40 Å². The van der Waals surface area contributed by atoms with Crippen LogP contribution in [-0.4, -0.2) is 38.2 Å². The molecule has 2 aliphatic rings. The zero-order chi connectivity index (χ0) is 21.6. The number of sulfonamides is 1. The van der Waals surface area contributed by atoms with E-state index in [2.05, 4.69) is 9.71 Å². The molecular weight excluding hydrogens is 414 g/mol. The minimum atomic E-state index is -3.68. The van der Waals surface area contributed by atoms with E-state index < -0.39 is 10.0 Å². The molecule has 8 heteroatoms. The Hall–Kier alpha value is -3.13. The molecule has 5 rings (SSSR count). The maximum absolute atomic E-state index is 13.0. The first-order valence-electron chi connectivity index (χ1n) is 10.4. The molecule has 0 unspecified atom stereocenters. The van der Waals surface area contributed by atoms with Crippen molar-refractivity contribution in [1.82, 2.24) is 10.2 Å². The summed E-state index contributed by atoms with van der Waals surface area (Å²) in [6, 6.07) is 16.3. The molecule has 7 nitrogen and oxygen atoms in total. The lowest BCUT2D eigenvalue weighted by atomic mass is 9.96. The van der Waals surface area contributed by atoms with Gasteiger partial charge in [0.15, 0.2) is 5.84 Å². The molecule has 2 aliphatic heterocycles. The summed E-state index contributed by atoms with van der Waals surface area (Å²) in [5.74, 6) is 0.840. The Bertz CT molecular complexity index is 1260. The summed E-state index contributed by atoms with van der Waals surface area (Å²) in [7, 11) is -3.68. The van der Waals surface area contributed by atoms with Crippen molar-refractivity contribution < 1.29 is 17.6 Å². The molecule has 2 atom stereocenters. The number of furan rings is 1. The lowest BCUT2D eigenvalue weighted by Gasteiger charge is -2.33. The number of amidine groups is 1. The number of carbonyl (C=O) groups is 1. The molecule has 0 aliphatic carbocycles. The van der Waals surface area contributed by atoms with E-state index in [0.29, 0.717) is 30.2 Å². The number of hydrogen-bond acceptors (Lipinski definition) is 5. The Kier molecular flexibility index (Phi) is 4.81. The number of amides is 1. The third-order valence-electron chi connectivity index (χ3n) is 5.93. The van der Waals surface area contributed by atoms with Gasteiger partial charge in [-0.1, -0.05) is 30.3 Å². The molecule has 0 spiro atoms. The van der Waals surface area contributed by atoms with Crippen LogP contribution in [0, 0.1) is 5.92 Å². The van der Waals surface area contributed by atoms with E-state index in [0.717, 1.165) is 23.8 Å². The fourth-order valence-corrected chi connectivity index (χ4v) is 5.55. The third kappa shape index (κ3) is 3.61. The van der Waals surface area contributed by atoms with Crippen LogP contribution in [0.2, 0.25) is 0 Å². The fourth-order valence-electron chi connectivity index (χ4n) is 4.32. The maximum Gasteiger partial charge on any atom is 0.285 e. The predicted molar refractivity (Wildman–Crippen MR) is 117 cm³/mol. The van der Waals surface area contributed by atoms with Crippen LogP contribution >= 0.6 is 0 Å². The number of carbonyl (C=O) groups excluding carboxylic acids is 1. The molecule has 1 amide bonds. The van der Waals surface area contributed by atoms with Gasteiger partial charge in [0.1, 0.15) is 16.2 Å². The summed E-state index contributed by atoms with van der Waals surface area (Å²) in [5.41, 5.74) is 1.40. The van der Waals surface area contributed by atoms with Crippen LogP contribution < -0.4 is 5.32 Å². The minimum absolute atomic E-state index is 0.0626. The Morgan fingerprint density at radius 1 is 1.19 bits per heavy atom. The van der Waals surface area contributed by atoms with Crippen molar-refractivity contribution >= 4 is 32.7 Å². The molecule has 3 aromatic rings. The molecule has 31 heavy (non-hydrogen) atoms. The summed E-state index contributed by atoms with van der Waals surface area (Å²) in [4.78, 5) is 15.1. The number of rotatable bonds is 3. The summed E-state index contributed by atoms with van der Waals surface area (Å²) in [6.07, 6.45) is 1.54. The second kappa shape index (κ2) is 7.53. The monoisotopic (exact) mass is 437 g/mol. The van der Waals surface area contributed by atoms with Crippen LogP contribution in [-0.2, 0) is 14.8 Å². The van der Waals surface area contributed by atoms with Crippen molar-refractivity contribution in [3.63, 3.8) is 0 Å². The molecular formula is C23H23N3O4S. The van der Waals surface area contributed by atoms with Crippen LogP contribution in [0.25, 0.3) is 11.0 Å². The van der Waals surface area contributed by atoms with Gasteiger partial charge in [0, 0.05) is 24.0 Å². The van der Waals surface area contributed by atoms with E-state index in [4.69, 9.17) is 4.42 Å². The van der Waals surface area contributed by atoms with Crippen LogP contribution in [0.1, 0.15) is 37.1 Å². The van der Waals surface area contributed by atoms with Crippen LogP contribution in [0.15, 0.2) is 68.3 Å². The molecule has 0 radical (unpaired) electrons. The molecule has 2 aromatic carbocycles. The van der Waals surface area contributed by atoms with Crippen molar-refractivity contribution in [1.29, 1.82) is 0 Å². The zero-order valence-corrected chi connectivity index (χ0v) is 17.9. The Labute approximate surface area is 180 Å². The SMILES string of the molecule is C[C@@H](NC(=O)[C@H]1CCCN(C2=NS(=O)(=O)c3ccccc32)C1)c1cc2ccccc2o1. The largest absolute Gasteiger partial charge is 0.459 e. The average molecular weight is 438 g/mol. The van der Waals surface area contributed by atoms with Crippen molar-refractivity contribution in [2.75, 3.05) is 13.1 Å². The molecule has 160 valence electrons. The van der Waals surface area contributed by atoms with E-state index in [9.17, 15) is 13.2 Å². The summed E-state index contributed by atoms with van der Waals surface area (Å²) < 4.78 is 34.7. The highest BCUT2D eigenvalue weighted by Crippen LogP contribution is 2.30. The lowest BCUT2D eigenvalue weighted by Crippen LogP contribution is -2.45. The van der Waals surface area contributed by atoms with E-state index in [-0.39, 0.29) is 22.8 Å².